The first-order valence-corrected chi connectivity index (χ1v) is 8.42. The molecule has 0 atom stereocenters. The summed E-state index contributed by atoms with van der Waals surface area (Å²) >= 11 is 0. The third-order valence-electron chi connectivity index (χ3n) is 4.74. The molecule has 128 valence electrons. The van der Waals surface area contributed by atoms with Crippen LogP contribution in [0.3, 0.4) is 0 Å². The molecule has 0 N–H and O–H groups in total. The average molecular weight is 326 g/mol. The highest BCUT2D eigenvalue weighted by Gasteiger charge is 2.26. The molecule has 2 rings (SSSR count). The number of carbonyl (C=O) groups excluding carboxylic acids is 2. The van der Waals surface area contributed by atoms with Crippen molar-refractivity contribution in [3.63, 3.8) is 0 Å². The lowest BCUT2D eigenvalue weighted by Gasteiger charge is -2.32. The van der Waals surface area contributed by atoms with Crippen LogP contribution in [0.4, 0.5) is 0 Å². The molecule has 1 heterocycles. The zero-order valence-corrected chi connectivity index (χ0v) is 15.2. The number of allylic oxidation sites excluding steroid dienone is 7. The van der Waals surface area contributed by atoms with E-state index in [0.717, 1.165) is 5.57 Å². The molecule has 0 saturated heterocycles. The molecular weight excluding hydrogens is 300 g/mol. The standard InChI is InChI=1S/C21H26O3/c1-14(8-10-17-16(3)13-19(22)24-20(17)23)9-11-18-15(2)7-6-12-21(18,4)5/h8-11,13H,6-7,12H2,1-5H3. The molecule has 0 unspecified atom stereocenters. The predicted octanol–water partition coefficient (Wildman–Crippen LogP) is 4.97. The predicted molar refractivity (Wildman–Crippen MR) is 96.2 cm³/mol. The van der Waals surface area contributed by atoms with Crippen LogP contribution in [0.1, 0.15) is 53.9 Å². The number of hydrogen-bond acceptors (Lipinski definition) is 3. The summed E-state index contributed by atoms with van der Waals surface area (Å²) < 4.78 is 4.62. The van der Waals surface area contributed by atoms with E-state index >= 15 is 0 Å². The van der Waals surface area contributed by atoms with E-state index in [0.29, 0.717) is 11.1 Å². The van der Waals surface area contributed by atoms with E-state index in [1.807, 2.05) is 13.0 Å². The van der Waals surface area contributed by atoms with Gasteiger partial charge in [0.25, 0.3) is 0 Å². The summed E-state index contributed by atoms with van der Waals surface area (Å²) in [7, 11) is 0. The van der Waals surface area contributed by atoms with E-state index < -0.39 is 11.9 Å². The zero-order valence-electron chi connectivity index (χ0n) is 15.2. The summed E-state index contributed by atoms with van der Waals surface area (Å²) in [6, 6.07) is 0. The fraction of sp³-hybridized carbons (Fsp3) is 0.429. The van der Waals surface area contributed by atoms with Gasteiger partial charge in [-0.05, 0) is 62.7 Å². The minimum Gasteiger partial charge on any atom is -0.386 e. The number of carbonyl (C=O) groups is 2. The van der Waals surface area contributed by atoms with Gasteiger partial charge in [0.1, 0.15) is 0 Å². The van der Waals surface area contributed by atoms with Gasteiger partial charge in [-0.25, -0.2) is 9.59 Å². The van der Waals surface area contributed by atoms with Gasteiger partial charge in [-0.15, -0.1) is 0 Å². The maximum absolute atomic E-state index is 11.8. The molecule has 0 amide bonds. The molecule has 1 aliphatic carbocycles. The van der Waals surface area contributed by atoms with Crippen molar-refractivity contribution in [3.8, 4) is 0 Å². The van der Waals surface area contributed by atoms with Crippen molar-refractivity contribution >= 4 is 11.9 Å². The fourth-order valence-corrected chi connectivity index (χ4v) is 3.29. The third kappa shape index (κ3) is 4.22. The highest BCUT2D eigenvalue weighted by Crippen LogP contribution is 2.40. The van der Waals surface area contributed by atoms with Crippen LogP contribution < -0.4 is 0 Å². The molecule has 0 saturated carbocycles. The highest BCUT2D eigenvalue weighted by molar-refractivity contribution is 6.07. The first-order valence-electron chi connectivity index (χ1n) is 8.42. The van der Waals surface area contributed by atoms with E-state index in [9.17, 15) is 9.59 Å². The van der Waals surface area contributed by atoms with E-state index in [2.05, 4.69) is 37.7 Å². The second kappa shape index (κ2) is 7.16. The zero-order chi connectivity index (χ0) is 17.9. The number of hydrogen-bond donors (Lipinski definition) is 0. The van der Waals surface area contributed by atoms with Crippen LogP contribution in [0.15, 0.2) is 58.2 Å². The Morgan fingerprint density at radius 3 is 2.58 bits per heavy atom. The van der Waals surface area contributed by atoms with E-state index in [4.69, 9.17) is 0 Å². The minimum atomic E-state index is -0.600. The number of ether oxygens (including phenoxy) is 1. The number of rotatable bonds is 3. The van der Waals surface area contributed by atoms with Gasteiger partial charge < -0.3 is 4.74 Å². The Morgan fingerprint density at radius 2 is 1.96 bits per heavy atom. The van der Waals surface area contributed by atoms with Gasteiger partial charge in [-0.1, -0.05) is 43.2 Å². The van der Waals surface area contributed by atoms with E-state index in [1.54, 1.807) is 13.0 Å². The molecule has 3 heteroatoms. The van der Waals surface area contributed by atoms with Crippen molar-refractivity contribution < 1.29 is 14.3 Å². The van der Waals surface area contributed by atoms with Crippen LogP contribution in [0.5, 0.6) is 0 Å². The average Bonchev–Trinajstić information content (AvgIpc) is 2.44. The largest absolute Gasteiger partial charge is 0.386 e. The van der Waals surface area contributed by atoms with Crippen molar-refractivity contribution in [1.29, 1.82) is 0 Å². The SMILES string of the molecule is CC(C=CC1=C(C)CCCC1(C)C)=CC=C1C(=O)OC(=O)C=C1C. The summed E-state index contributed by atoms with van der Waals surface area (Å²) in [5.41, 5.74) is 5.19. The van der Waals surface area contributed by atoms with Crippen LogP contribution >= 0.6 is 0 Å². The number of cyclic esters (lactones) is 2. The molecule has 24 heavy (non-hydrogen) atoms. The Morgan fingerprint density at radius 1 is 1.25 bits per heavy atom. The van der Waals surface area contributed by atoms with Gasteiger partial charge in [0, 0.05) is 6.08 Å². The molecular formula is C21H26O3. The van der Waals surface area contributed by atoms with Gasteiger partial charge >= 0.3 is 11.9 Å². The molecule has 3 nitrogen and oxygen atoms in total. The second-order valence-electron chi connectivity index (χ2n) is 7.29. The summed E-state index contributed by atoms with van der Waals surface area (Å²) in [5.74, 6) is -1.18. The highest BCUT2D eigenvalue weighted by atomic mass is 16.6. The Balaban J connectivity index is 2.20. The second-order valence-corrected chi connectivity index (χ2v) is 7.29. The topological polar surface area (TPSA) is 43.4 Å². The molecule has 0 fully saturated rings. The first kappa shape index (κ1) is 18.2. The van der Waals surface area contributed by atoms with Crippen LogP contribution in [-0.4, -0.2) is 11.9 Å². The van der Waals surface area contributed by atoms with Gasteiger partial charge in [0.05, 0.1) is 5.57 Å². The Bertz CT molecular complexity index is 709. The van der Waals surface area contributed by atoms with Gasteiger partial charge in [0.15, 0.2) is 0 Å². The lowest BCUT2D eigenvalue weighted by Crippen LogP contribution is -2.19. The quantitative estimate of drug-likeness (QED) is 0.318. The van der Waals surface area contributed by atoms with Gasteiger partial charge in [-0.2, -0.15) is 0 Å². The fourth-order valence-electron chi connectivity index (χ4n) is 3.29. The lowest BCUT2D eigenvalue weighted by atomic mass is 9.72. The maximum Gasteiger partial charge on any atom is 0.346 e. The summed E-state index contributed by atoms with van der Waals surface area (Å²) in [5, 5.41) is 0. The first-order chi connectivity index (χ1) is 11.2. The normalized spacial score (nSPS) is 23.8. The Labute approximate surface area is 144 Å². The molecule has 0 spiro atoms. The van der Waals surface area contributed by atoms with Crippen LogP contribution in [0, 0.1) is 5.41 Å². The molecule has 1 aliphatic heterocycles. The smallest absolute Gasteiger partial charge is 0.346 e. The van der Waals surface area contributed by atoms with Crippen molar-refractivity contribution in [1.82, 2.24) is 0 Å². The monoisotopic (exact) mass is 326 g/mol. The van der Waals surface area contributed by atoms with E-state index in [-0.39, 0.29) is 5.41 Å². The lowest BCUT2D eigenvalue weighted by molar-refractivity contribution is -0.153. The minimum absolute atomic E-state index is 0.213. The molecule has 2 aliphatic rings. The Hall–Kier alpha value is -2.16. The van der Waals surface area contributed by atoms with E-state index in [1.165, 1.54) is 36.5 Å². The third-order valence-corrected chi connectivity index (χ3v) is 4.74. The van der Waals surface area contributed by atoms with Crippen molar-refractivity contribution in [2.45, 2.75) is 53.9 Å². The Kier molecular flexibility index (Phi) is 5.43. The molecule has 0 radical (unpaired) electrons. The molecule has 0 bridgehead atoms. The van der Waals surface area contributed by atoms with Gasteiger partial charge in [0.2, 0.25) is 0 Å². The van der Waals surface area contributed by atoms with Gasteiger partial charge in [-0.3, -0.25) is 0 Å². The van der Waals surface area contributed by atoms with Crippen LogP contribution in [0.25, 0.3) is 0 Å². The summed E-state index contributed by atoms with van der Waals surface area (Å²) in [6.45, 7) is 10.5. The van der Waals surface area contributed by atoms with Crippen LogP contribution in [0.2, 0.25) is 0 Å². The number of esters is 2. The molecule has 0 aromatic heterocycles. The van der Waals surface area contributed by atoms with Crippen molar-refractivity contribution in [3.05, 3.63) is 58.2 Å². The summed E-state index contributed by atoms with van der Waals surface area (Å²) in [4.78, 5) is 22.9. The van der Waals surface area contributed by atoms with Crippen LogP contribution in [-0.2, 0) is 14.3 Å². The summed E-state index contributed by atoms with van der Waals surface area (Å²) in [6.07, 6.45) is 12.8. The van der Waals surface area contributed by atoms with Crippen molar-refractivity contribution in [2.75, 3.05) is 0 Å². The maximum atomic E-state index is 11.8. The molecule has 0 aromatic carbocycles. The molecule has 0 aromatic rings. The van der Waals surface area contributed by atoms with Crippen molar-refractivity contribution in [2.24, 2.45) is 5.41 Å².